The van der Waals surface area contributed by atoms with Crippen molar-refractivity contribution in [3.63, 3.8) is 0 Å². The van der Waals surface area contributed by atoms with E-state index in [1.54, 1.807) is 0 Å². The van der Waals surface area contributed by atoms with Gasteiger partial charge in [0.2, 0.25) is 0 Å². The smallest absolute Gasteiger partial charge is 0.142 e. The van der Waals surface area contributed by atoms with Crippen LogP contribution in [0.2, 0.25) is 0 Å². The Labute approximate surface area is 159 Å². The number of hydrogen-bond acceptors (Lipinski definition) is 5. The molecule has 0 amide bonds. The molecular weight excluding hydrogens is 344 g/mol. The molecule has 26 heavy (non-hydrogen) atoms. The number of piperidine rings is 1. The fourth-order valence-corrected chi connectivity index (χ4v) is 4.61. The lowest BCUT2D eigenvalue weighted by molar-refractivity contribution is -0.0794. The van der Waals surface area contributed by atoms with Gasteiger partial charge in [-0.05, 0) is 51.1 Å². The zero-order chi connectivity index (χ0) is 18.0. The summed E-state index contributed by atoms with van der Waals surface area (Å²) < 4.78 is 13.0. The number of aromatic nitrogens is 3. The van der Waals surface area contributed by atoms with Gasteiger partial charge in [-0.25, -0.2) is 9.36 Å². The molecule has 0 N–H and O–H groups in total. The van der Waals surface area contributed by atoms with E-state index in [1.165, 1.54) is 23.5 Å². The molecule has 0 saturated carbocycles. The summed E-state index contributed by atoms with van der Waals surface area (Å²) in [5, 5.41) is 2.05. The molecule has 1 unspecified atom stereocenters. The molecular formula is C20H28N4OS. The molecule has 0 aliphatic carbocycles. The van der Waals surface area contributed by atoms with Crippen molar-refractivity contribution >= 4 is 11.5 Å². The zero-order valence-corrected chi connectivity index (χ0v) is 16.5. The van der Waals surface area contributed by atoms with Crippen molar-refractivity contribution in [2.75, 3.05) is 19.6 Å². The third-order valence-corrected chi connectivity index (χ3v) is 6.26. The minimum Gasteiger partial charge on any atom is -0.370 e. The van der Waals surface area contributed by atoms with Crippen molar-refractivity contribution < 1.29 is 4.74 Å². The summed E-state index contributed by atoms with van der Waals surface area (Å²) in [4.78, 5) is 7.06. The maximum atomic E-state index is 6.61. The van der Waals surface area contributed by atoms with Crippen molar-refractivity contribution in [3.8, 4) is 11.4 Å². The molecule has 5 nitrogen and oxygen atoms in total. The third-order valence-electron chi connectivity index (χ3n) is 5.67. The van der Waals surface area contributed by atoms with Crippen LogP contribution in [-0.2, 0) is 11.3 Å². The maximum absolute atomic E-state index is 6.61. The van der Waals surface area contributed by atoms with Crippen LogP contribution in [0.15, 0.2) is 35.6 Å². The Morgan fingerprint density at radius 3 is 2.92 bits per heavy atom. The predicted molar refractivity (Wildman–Crippen MR) is 105 cm³/mol. The van der Waals surface area contributed by atoms with Gasteiger partial charge < -0.3 is 9.30 Å². The first-order valence-electron chi connectivity index (χ1n) is 9.58. The molecule has 2 fully saturated rings. The molecule has 0 bridgehead atoms. The molecule has 6 heteroatoms. The number of rotatable bonds is 5. The largest absolute Gasteiger partial charge is 0.370 e. The fraction of sp³-hybridized carbons (Fsp3) is 0.600. The monoisotopic (exact) mass is 372 g/mol. The van der Waals surface area contributed by atoms with Crippen LogP contribution in [0.4, 0.5) is 0 Å². The Morgan fingerprint density at radius 2 is 2.19 bits per heavy atom. The fourth-order valence-electron chi connectivity index (χ4n) is 4.10. The summed E-state index contributed by atoms with van der Waals surface area (Å²) in [6.45, 7) is 8.60. The molecule has 2 saturated heterocycles. The molecule has 1 spiro atoms. The van der Waals surface area contributed by atoms with Crippen LogP contribution < -0.4 is 0 Å². The molecule has 140 valence electrons. The van der Waals surface area contributed by atoms with Crippen molar-refractivity contribution in [3.05, 3.63) is 35.6 Å². The average Bonchev–Trinajstić information content (AvgIpc) is 3.36. The molecule has 0 aromatic carbocycles. The molecule has 2 aliphatic rings. The van der Waals surface area contributed by atoms with Crippen molar-refractivity contribution in [2.24, 2.45) is 0 Å². The molecule has 2 aliphatic heterocycles. The minimum atomic E-state index is 0.108. The maximum Gasteiger partial charge on any atom is 0.142 e. The summed E-state index contributed by atoms with van der Waals surface area (Å²) in [5.41, 5.74) is 2.61. The Morgan fingerprint density at radius 1 is 1.35 bits per heavy atom. The van der Waals surface area contributed by atoms with Gasteiger partial charge in [0.15, 0.2) is 0 Å². The summed E-state index contributed by atoms with van der Waals surface area (Å²) in [7, 11) is 0. The number of ether oxygens (including phenoxy) is 1. The van der Waals surface area contributed by atoms with Crippen molar-refractivity contribution in [1.82, 2.24) is 18.8 Å². The first kappa shape index (κ1) is 17.9. The van der Waals surface area contributed by atoms with Crippen LogP contribution in [0.3, 0.4) is 0 Å². The number of allylic oxidation sites excluding steroid dienone is 1. The second kappa shape index (κ2) is 7.62. The molecule has 4 heterocycles. The SMILES string of the molecule is CC(C)=CCN1CCC2(CCC(Cn3ccnc3-c3cnsc3)O2)CC1. The summed E-state index contributed by atoms with van der Waals surface area (Å²) in [5.74, 6) is 1.000. The van der Waals surface area contributed by atoms with Gasteiger partial charge in [-0.2, -0.15) is 0 Å². The van der Waals surface area contributed by atoms with Crippen LogP contribution >= 0.6 is 11.5 Å². The van der Waals surface area contributed by atoms with Crippen LogP contribution in [0, 0.1) is 0 Å². The van der Waals surface area contributed by atoms with Crippen LogP contribution in [0.1, 0.15) is 39.5 Å². The van der Waals surface area contributed by atoms with Gasteiger partial charge in [0, 0.05) is 43.0 Å². The molecule has 4 rings (SSSR count). The van der Waals surface area contributed by atoms with E-state index in [4.69, 9.17) is 4.74 Å². The lowest BCUT2D eigenvalue weighted by atomic mass is 9.88. The molecule has 0 radical (unpaired) electrons. The second-order valence-corrected chi connectivity index (χ2v) is 8.52. The number of imidazole rings is 1. The third kappa shape index (κ3) is 3.92. The summed E-state index contributed by atoms with van der Waals surface area (Å²) >= 11 is 1.47. The second-order valence-electron chi connectivity index (χ2n) is 7.86. The zero-order valence-electron chi connectivity index (χ0n) is 15.7. The first-order valence-corrected chi connectivity index (χ1v) is 10.4. The highest BCUT2D eigenvalue weighted by atomic mass is 32.1. The number of nitrogens with zero attached hydrogens (tertiary/aromatic N) is 4. The Bertz CT molecular complexity index is 740. The molecule has 2 aromatic rings. The standard InChI is InChI=1S/C20H28N4OS/c1-16(2)4-9-23-10-6-20(7-11-23)5-3-18(25-20)14-24-12-8-21-19(24)17-13-22-26-15-17/h4,8,12-13,15,18H,3,5-7,9-11,14H2,1-2H3. The molecule has 1 atom stereocenters. The highest BCUT2D eigenvalue weighted by Gasteiger charge is 2.42. The Hall–Kier alpha value is -1.50. The minimum absolute atomic E-state index is 0.108. The average molecular weight is 373 g/mol. The first-order chi connectivity index (χ1) is 12.6. The normalized spacial score (nSPS) is 22.8. The van der Waals surface area contributed by atoms with E-state index in [0.717, 1.165) is 56.8 Å². The highest BCUT2D eigenvalue weighted by Crippen LogP contribution is 2.39. The van der Waals surface area contributed by atoms with Crippen LogP contribution in [-0.4, -0.2) is 50.2 Å². The van der Waals surface area contributed by atoms with Crippen LogP contribution in [0.25, 0.3) is 11.4 Å². The van der Waals surface area contributed by atoms with Gasteiger partial charge in [0.1, 0.15) is 5.82 Å². The Kier molecular flexibility index (Phi) is 5.25. The van der Waals surface area contributed by atoms with Gasteiger partial charge >= 0.3 is 0 Å². The highest BCUT2D eigenvalue weighted by molar-refractivity contribution is 7.03. The van der Waals surface area contributed by atoms with Crippen molar-refractivity contribution in [1.29, 1.82) is 0 Å². The van der Waals surface area contributed by atoms with Crippen molar-refractivity contribution in [2.45, 2.75) is 57.8 Å². The summed E-state index contributed by atoms with van der Waals surface area (Å²) in [6.07, 6.45) is 13.1. The van der Waals surface area contributed by atoms with Crippen LogP contribution in [0.5, 0.6) is 0 Å². The van der Waals surface area contributed by atoms with E-state index >= 15 is 0 Å². The number of likely N-dealkylation sites (tertiary alicyclic amines) is 1. The Balaban J connectivity index is 1.34. The van der Waals surface area contributed by atoms with E-state index in [9.17, 15) is 0 Å². The van der Waals surface area contributed by atoms with E-state index < -0.39 is 0 Å². The quantitative estimate of drug-likeness (QED) is 0.745. The summed E-state index contributed by atoms with van der Waals surface area (Å²) in [6, 6.07) is 0. The van der Waals surface area contributed by atoms with E-state index in [1.807, 2.05) is 12.4 Å². The predicted octanol–water partition coefficient (Wildman–Crippen LogP) is 3.99. The number of hydrogen-bond donors (Lipinski definition) is 0. The van der Waals surface area contributed by atoms with E-state index in [-0.39, 0.29) is 5.60 Å². The van der Waals surface area contributed by atoms with Gasteiger partial charge in [-0.15, -0.1) is 0 Å². The van der Waals surface area contributed by atoms with Gasteiger partial charge in [-0.1, -0.05) is 11.6 Å². The van der Waals surface area contributed by atoms with Gasteiger partial charge in [0.25, 0.3) is 0 Å². The lowest BCUT2D eigenvalue weighted by Crippen LogP contribution is -2.44. The topological polar surface area (TPSA) is 43.2 Å². The van der Waals surface area contributed by atoms with E-state index in [2.05, 4.69) is 50.3 Å². The molecule has 2 aromatic heterocycles. The lowest BCUT2D eigenvalue weighted by Gasteiger charge is -2.39. The van der Waals surface area contributed by atoms with E-state index in [0.29, 0.717) is 6.10 Å². The van der Waals surface area contributed by atoms with Gasteiger partial charge in [0.05, 0.1) is 24.4 Å². The van der Waals surface area contributed by atoms with Gasteiger partial charge in [-0.3, -0.25) is 4.90 Å².